The number of nitrogens with one attached hydrogen (secondary N) is 1. The summed E-state index contributed by atoms with van der Waals surface area (Å²) in [6.45, 7) is 4.60. The van der Waals surface area contributed by atoms with Crippen molar-refractivity contribution in [3.05, 3.63) is 39.9 Å². The molecule has 1 aliphatic rings. The van der Waals surface area contributed by atoms with E-state index in [9.17, 15) is 4.79 Å². The first-order valence-electron chi connectivity index (χ1n) is 8.34. The van der Waals surface area contributed by atoms with E-state index >= 15 is 0 Å². The third-order valence-corrected chi connectivity index (χ3v) is 4.83. The largest absolute Gasteiger partial charge is 0.376 e. The fourth-order valence-corrected chi connectivity index (χ4v) is 3.46. The summed E-state index contributed by atoms with van der Waals surface area (Å²) < 4.78 is 7.14. The predicted molar refractivity (Wildman–Crippen MR) is 96.7 cm³/mol. The van der Waals surface area contributed by atoms with Crippen LogP contribution < -0.4 is 5.32 Å². The fraction of sp³-hybridized carbons (Fsp3) is 0.471. The molecule has 1 fully saturated rings. The monoisotopic (exact) mass is 382 g/mol. The van der Waals surface area contributed by atoms with Gasteiger partial charge in [0, 0.05) is 13.0 Å². The molecule has 2 atom stereocenters. The number of nitrogens with zero attached hydrogens (tertiary/aromatic N) is 3. The van der Waals surface area contributed by atoms with Gasteiger partial charge >= 0.3 is 0 Å². The number of ether oxygens (including phenoxy) is 1. The number of halogens is 2. The highest BCUT2D eigenvalue weighted by Gasteiger charge is 2.26. The molecule has 0 aliphatic carbocycles. The molecule has 2 heterocycles. The number of hydrogen-bond donors (Lipinski definition) is 1. The number of amides is 1. The molecular weight excluding hydrogens is 363 g/mol. The van der Waals surface area contributed by atoms with Gasteiger partial charge in [0.1, 0.15) is 11.5 Å². The Labute approximate surface area is 156 Å². The number of aryl methyl sites for hydroxylation is 1. The Bertz CT molecular complexity index is 752. The lowest BCUT2D eigenvalue weighted by molar-refractivity contribution is 0.0706. The molecule has 2 aromatic rings. The van der Waals surface area contributed by atoms with E-state index < -0.39 is 0 Å². The molecule has 0 unspecified atom stereocenters. The molecule has 0 radical (unpaired) electrons. The lowest BCUT2D eigenvalue weighted by Crippen LogP contribution is -2.41. The van der Waals surface area contributed by atoms with E-state index in [0.717, 1.165) is 19.4 Å². The van der Waals surface area contributed by atoms with Gasteiger partial charge in [0.25, 0.3) is 5.91 Å². The zero-order valence-corrected chi connectivity index (χ0v) is 15.6. The van der Waals surface area contributed by atoms with E-state index in [2.05, 4.69) is 15.4 Å². The first kappa shape index (κ1) is 18.2. The molecule has 134 valence electrons. The van der Waals surface area contributed by atoms with Crippen LogP contribution in [0.3, 0.4) is 0 Å². The zero-order chi connectivity index (χ0) is 18.0. The second-order valence-electron chi connectivity index (χ2n) is 6.00. The van der Waals surface area contributed by atoms with Gasteiger partial charge in [-0.1, -0.05) is 36.2 Å². The van der Waals surface area contributed by atoms with E-state index in [1.165, 1.54) is 4.68 Å². The van der Waals surface area contributed by atoms with Gasteiger partial charge in [-0.3, -0.25) is 4.79 Å². The van der Waals surface area contributed by atoms with Gasteiger partial charge in [-0.15, -0.1) is 5.10 Å². The molecule has 25 heavy (non-hydrogen) atoms. The number of carbonyl (C=O) groups is 1. The highest BCUT2D eigenvalue weighted by atomic mass is 35.5. The molecule has 1 aromatic carbocycles. The van der Waals surface area contributed by atoms with Crippen molar-refractivity contribution in [2.75, 3.05) is 6.61 Å². The second kappa shape index (κ2) is 7.72. The van der Waals surface area contributed by atoms with E-state index in [-0.39, 0.29) is 23.9 Å². The van der Waals surface area contributed by atoms with E-state index in [0.29, 0.717) is 28.0 Å². The molecule has 1 N–H and O–H groups in total. The highest BCUT2D eigenvalue weighted by Crippen LogP contribution is 2.28. The summed E-state index contributed by atoms with van der Waals surface area (Å²) in [5.41, 5.74) is 0.529. The fourth-order valence-electron chi connectivity index (χ4n) is 2.90. The first-order chi connectivity index (χ1) is 12.0. The van der Waals surface area contributed by atoms with Crippen molar-refractivity contribution in [2.45, 2.75) is 45.3 Å². The van der Waals surface area contributed by atoms with E-state index in [1.807, 2.05) is 13.8 Å². The second-order valence-corrected chi connectivity index (χ2v) is 6.82. The molecule has 1 aromatic heterocycles. The van der Waals surface area contributed by atoms with Crippen LogP contribution in [0.1, 0.15) is 43.1 Å². The Kier molecular flexibility index (Phi) is 5.61. The minimum absolute atomic E-state index is 0.0368. The summed E-state index contributed by atoms with van der Waals surface area (Å²) in [7, 11) is 0. The topological polar surface area (TPSA) is 69.0 Å². The molecule has 1 saturated heterocycles. The lowest BCUT2D eigenvalue weighted by Gasteiger charge is -2.18. The minimum atomic E-state index is -0.334. The molecular formula is C17H20Cl2N4O2. The Morgan fingerprint density at radius 1 is 1.44 bits per heavy atom. The van der Waals surface area contributed by atoms with Crippen molar-refractivity contribution in [1.82, 2.24) is 20.1 Å². The lowest BCUT2D eigenvalue weighted by atomic mass is 10.1. The predicted octanol–water partition coefficient (Wildman–Crippen LogP) is 3.43. The Morgan fingerprint density at radius 2 is 2.16 bits per heavy atom. The number of rotatable bonds is 5. The maximum Gasteiger partial charge on any atom is 0.291 e. The number of benzene rings is 1. The SMILES string of the molecule is CCc1nc(C(=O)N[C@H](C)[C@@H]2CCCO2)nn1-c1c(Cl)cccc1Cl. The summed E-state index contributed by atoms with van der Waals surface area (Å²) in [5.74, 6) is 0.377. The van der Waals surface area contributed by atoms with Crippen LogP contribution >= 0.6 is 23.2 Å². The van der Waals surface area contributed by atoms with Crippen LogP contribution in [0.25, 0.3) is 5.69 Å². The van der Waals surface area contributed by atoms with Crippen LogP contribution in [-0.2, 0) is 11.2 Å². The number of carbonyl (C=O) groups excluding carboxylic acids is 1. The zero-order valence-electron chi connectivity index (χ0n) is 14.1. The van der Waals surface area contributed by atoms with Gasteiger partial charge in [0.05, 0.1) is 22.2 Å². The van der Waals surface area contributed by atoms with Crippen LogP contribution in [0.2, 0.25) is 10.0 Å². The summed E-state index contributed by atoms with van der Waals surface area (Å²) in [5, 5.41) is 8.15. The average molecular weight is 383 g/mol. The summed E-state index contributed by atoms with van der Waals surface area (Å²) >= 11 is 12.5. The van der Waals surface area contributed by atoms with Gasteiger partial charge in [-0.05, 0) is 31.9 Å². The number of hydrogen-bond acceptors (Lipinski definition) is 4. The average Bonchev–Trinajstić information content (AvgIpc) is 3.24. The Morgan fingerprint density at radius 3 is 2.76 bits per heavy atom. The number of aromatic nitrogens is 3. The number of para-hydroxylation sites is 1. The summed E-state index contributed by atoms with van der Waals surface area (Å²) in [6.07, 6.45) is 2.58. The van der Waals surface area contributed by atoms with E-state index in [4.69, 9.17) is 27.9 Å². The van der Waals surface area contributed by atoms with Crippen molar-refractivity contribution >= 4 is 29.1 Å². The van der Waals surface area contributed by atoms with Crippen molar-refractivity contribution in [3.8, 4) is 5.69 Å². The highest BCUT2D eigenvalue weighted by molar-refractivity contribution is 6.37. The Balaban J connectivity index is 1.86. The van der Waals surface area contributed by atoms with Crippen molar-refractivity contribution in [3.63, 3.8) is 0 Å². The molecule has 0 saturated carbocycles. The molecule has 0 spiro atoms. The maximum atomic E-state index is 12.5. The minimum Gasteiger partial charge on any atom is -0.376 e. The van der Waals surface area contributed by atoms with Crippen molar-refractivity contribution in [2.24, 2.45) is 0 Å². The van der Waals surface area contributed by atoms with Crippen LogP contribution in [0.15, 0.2) is 18.2 Å². The normalized spacial score (nSPS) is 18.3. The van der Waals surface area contributed by atoms with Crippen LogP contribution in [0, 0.1) is 0 Å². The summed E-state index contributed by atoms with van der Waals surface area (Å²) in [4.78, 5) is 16.9. The molecule has 3 rings (SSSR count). The van der Waals surface area contributed by atoms with Gasteiger partial charge in [0.15, 0.2) is 0 Å². The first-order valence-corrected chi connectivity index (χ1v) is 9.09. The maximum absolute atomic E-state index is 12.5. The van der Waals surface area contributed by atoms with Crippen LogP contribution in [0.4, 0.5) is 0 Å². The van der Waals surface area contributed by atoms with Crippen LogP contribution in [0.5, 0.6) is 0 Å². The summed E-state index contributed by atoms with van der Waals surface area (Å²) in [6, 6.07) is 5.11. The van der Waals surface area contributed by atoms with Crippen LogP contribution in [-0.4, -0.2) is 39.4 Å². The van der Waals surface area contributed by atoms with Gasteiger partial charge in [-0.25, -0.2) is 9.67 Å². The Hall–Kier alpha value is -1.63. The molecule has 0 bridgehead atoms. The quantitative estimate of drug-likeness (QED) is 0.859. The third-order valence-electron chi connectivity index (χ3n) is 4.22. The molecule has 8 heteroatoms. The standard InChI is InChI=1S/C17H20Cl2N4O2/c1-3-14-21-16(17(24)20-10(2)13-8-5-9-25-13)22-23(14)15-11(18)6-4-7-12(15)19/h4,6-7,10,13H,3,5,8-9H2,1-2H3,(H,20,24)/t10-,13+/m1/s1. The molecule has 1 amide bonds. The van der Waals surface area contributed by atoms with Crippen molar-refractivity contribution in [1.29, 1.82) is 0 Å². The third kappa shape index (κ3) is 3.81. The van der Waals surface area contributed by atoms with Gasteiger partial charge in [0.2, 0.25) is 5.82 Å². The van der Waals surface area contributed by atoms with E-state index in [1.54, 1.807) is 18.2 Å². The smallest absolute Gasteiger partial charge is 0.291 e. The van der Waals surface area contributed by atoms with Crippen molar-refractivity contribution < 1.29 is 9.53 Å². The van der Waals surface area contributed by atoms with Gasteiger partial charge < -0.3 is 10.1 Å². The van der Waals surface area contributed by atoms with Gasteiger partial charge in [-0.2, -0.15) is 0 Å². The molecule has 1 aliphatic heterocycles. The molecule has 6 nitrogen and oxygen atoms in total.